The van der Waals surface area contributed by atoms with Crippen molar-refractivity contribution in [2.24, 2.45) is 5.92 Å². The number of fused-ring (bicyclic) bond motifs is 1. The van der Waals surface area contributed by atoms with E-state index in [0.29, 0.717) is 17.8 Å². The number of carbonyl (C=O) groups excluding carboxylic acids is 1. The highest BCUT2D eigenvalue weighted by Gasteiger charge is 2.30. The van der Waals surface area contributed by atoms with Crippen LogP contribution in [0.4, 0.5) is 4.79 Å². The summed E-state index contributed by atoms with van der Waals surface area (Å²) >= 11 is 0. The van der Waals surface area contributed by atoms with E-state index in [2.05, 4.69) is 27.2 Å². The van der Waals surface area contributed by atoms with Crippen molar-refractivity contribution >= 4 is 17.1 Å². The Morgan fingerprint density at radius 2 is 1.79 bits per heavy atom. The summed E-state index contributed by atoms with van der Waals surface area (Å²) < 4.78 is 7.96. The summed E-state index contributed by atoms with van der Waals surface area (Å²) in [4.78, 5) is 24.2. The van der Waals surface area contributed by atoms with Gasteiger partial charge in [0.25, 0.3) is 0 Å². The Morgan fingerprint density at radius 1 is 1.00 bits per heavy atom. The van der Waals surface area contributed by atoms with Crippen LogP contribution in [0, 0.1) is 5.92 Å². The van der Waals surface area contributed by atoms with Crippen molar-refractivity contribution in [3.05, 3.63) is 30.2 Å². The molecule has 33 heavy (non-hydrogen) atoms. The number of urea groups is 1. The minimum Gasteiger partial charge on any atom is -0.339 e. The molecule has 3 aliphatic rings. The Kier molecular flexibility index (Phi) is 5.52. The molecule has 2 aromatic heterocycles. The number of nitrogens with one attached hydrogen (secondary N) is 1. The van der Waals surface area contributed by atoms with Crippen LogP contribution in [0.2, 0.25) is 0 Å². The zero-order chi connectivity index (χ0) is 22.2. The molecule has 0 atom stereocenters. The highest BCUT2D eigenvalue weighted by atomic mass is 16.5. The average Bonchev–Trinajstić information content (AvgIpc) is 3.41. The summed E-state index contributed by atoms with van der Waals surface area (Å²) in [6, 6.07) is 8.65. The molecule has 6 rings (SSSR count). The number of piperidine rings is 1. The molecule has 0 unspecified atom stereocenters. The molecule has 0 spiro atoms. The fourth-order valence-electron chi connectivity index (χ4n) is 5.32. The van der Waals surface area contributed by atoms with Gasteiger partial charge < -0.3 is 19.3 Å². The fraction of sp³-hybridized carbons (Fsp3) is 0.600. The first-order chi connectivity index (χ1) is 16.2. The molecule has 0 radical (unpaired) electrons. The molecule has 1 N–H and O–H groups in total. The number of para-hydroxylation sites is 2. The Bertz CT molecular complexity index is 1120. The number of aromatic nitrogens is 4. The molecular weight excluding hydrogens is 416 g/mol. The second kappa shape index (κ2) is 8.80. The first-order valence-corrected chi connectivity index (χ1v) is 12.6. The van der Waals surface area contributed by atoms with Gasteiger partial charge in [-0.1, -0.05) is 36.6 Å². The van der Waals surface area contributed by atoms with Crippen LogP contribution < -0.4 is 5.32 Å². The summed E-state index contributed by atoms with van der Waals surface area (Å²) in [5.41, 5.74) is 2.10. The van der Waals surface area contributed by atoms with E-state index >= 15 is 0 Å². The van der Waals surface area contributed by atoms with Crippen molar-refractivity contribution in [2.45, 2.75) is 76.3 Å². The number of hydrogen-bond acceptors (Lipinski definition) is 5. The molecule has 8 nitrogen and oxygen atoms in total. The van der Waals surface area contributed by atoms with Gasteiger partial charge in [-0.2, -0.15) is 4.98 Å². The minimum atomic E-state index is 0.0837. The second-order valence-corrected chi connectivity index (χ2v) is 9.98. The number of rotatable bonds is 5. The second-order valence-electron chi connectivity index (χ2n) is 9.98. The largest absolute Gasteiger partial charge is 0.339 e. The zero-order valence-electron chi connectivity index (χ0n) is 19.1. The minimum absolute atomic E-state index is 0.0837. The van der Waals surface area contributed by atoms with Crippen molar-refractivity contribution in [3.8, 4) is 11.6 Å². The summed E-state index contributed by atoms with van der Waals surface area (Å²) in [5.74, 6) is 2.94. The maximum atomic E-state index is 12.7. The van der Waals surface area contributed by atoms with Gasteiger partial charge in [-0.3, -0.25) is 0 Å². The van der Waals surface area contributed by atoms with Crippen LogP contribution >= 0.6 is 0 Å². The lowest BCUT2D eigenvalue weighted by molar-refractivity contribution is 0.169. The van der Waals surface area contributed by atoms with E-state index in [0.717, 1.165) is 68.1 Å². The van der Waals surface area contributed by atoms with Gasteiger partial charge in [0.1, 0.15) is 0 Å². The number of amides is 2. The SMILES string of the molecule is O=C(NC1CCCCC1)N1CCC(c2nc(-c3nc4ccccc4n3CC3CC3)no2)CC1. The molecule has 8 heteroatoms. The smallest absolute Gasteiger partial charge is 0.317 e. The van der Waals surface area contributed by atoms with E-state index < -0.39 is 0 Å². The quantitative estimate of drug-likeness (QED) is 0.610. The van der Waals surface area contributed by atoms with Crippen LogP contribution in [-0.2, 0) is 6.54 Å². The van der Waals surface area contributed by atoms with Crippen LogP contribution in [-0.4, -0.2) is 49.8 Å². The predicted molar refractivity (Wildman–Crippen MR) is 125 cm³/mol. The molecule has 2 saturated carbocycles. The topological polar surface area (TPSA) is 89.1 Å². The van der Waals surface area contributed by atoms with Gasteiger partial charge in [-0.25, -0.2) is 9.78 Å². The number of carbonyl (C=O) groups is 1. The Morgan fingerprint density at radius 3 is 2.58 bits per heavy atom. The number of benzene rings is 1. The molecular formula is C25H32N6O2. The zero-order valence-corrected chi connectivity index (χ0v) is 19.1. The molecule has 2 aliphatic carbocycles. The third-order valence-corrected chi connectivity index (χ3v) is 7.50. The van der Waals surface area contributed by atoms with Crippen molar-refractivity contribution < 1.29 is 9.32 Å². The van der Waals surface area contributed by atoms with E-state index in [4.69, 9.17) is 14.5 Å². The molecule has 174 valence electrons. The van der Waals surface area contributed by atoms with E-state index in [9.17, 15) is 4.79 Å². The van der Waals surface area contributed by atoms with Crippen molar-refractivity contribution in [3.63, 3.8) is 0 Å². The molecule has 2 amide bonds. The maximum Gasteiger partial charge on any atom is 0.317 e. The molecule has 0 bridgehead atoms. The summed E-state index contributed by atoms with van der Waals surface area (Å²) in [6.07, 6.45) is 10.2. The number of imidazole rings is 1. The Hall–Kier alpha value is -2.90. The fourth-order valence-corrected chi connectivity index (χ4v) is 5.32. The third-order valence-electron chi connectivity index (χ3n) is 7.50. The van der Waals surface area contributed by atoms with E-state index in [1.54, 1.807) is 0 Å². The highest BCUT2D eigenvalue weighted by Crippen LogP contribution is 2.35. The lowest BCUT2D eigenvalue weighted by Crippen LogP contribution is -2.48. The molecule has 3 fully saturated rings. The van der Waals surface area contributed by atoms with E-state index in [1.807, 2.05) is 17.0 Å². The number of hydrogen-bond donors (Lipinski definition) is 1. The van der Waals surface area contributed by atoms with Gasteiger partial charge in [0.15, 0.2) is 5.82 Å². The normalized spacial score (nSPS) is 20.4. The van der Waals surface area contributed by atoms with Gasteiger partial charge >= 0.3 is 6.03 Å². The van der Waals surface area contributed by atoms with Crippen LogP contribution in [0.3, 0.4) is 0 Å². The van der Waals surface area contributed by atoms with Crippen LogP contribution in [0.5, 0.6) is 0 Å². The number of likely N-dealkylation sites (tertiary alicyclic amines) is 1. The van der Waals surface area contributed by atoms with Gasteiger partial charge in [-0.15, -0.1) is 0 Å². The van der Waals surface area contributed by atoms with Gasteiger partial charge in [0.05, 0.1) is 11.0 Å². The standard InChI is InChI=1S/C25H32N6O2/c32-25(26-19-6-2-1-3-7-19)30-14-12-18(13-15-30)24-28-22(29-33-24)23-27-20-8-4-5-9-21(20)31(23)16-17-10-11-17/h4-5,8-9,17-19H,1-3,6-7,10-16H2,(H,26,32). The lowest BCUT2D eigenvalue weighted by atomic mass is 9.95. The summed E-state index contributed by atoms with van der Waals surface area (Å²) in [5, 5.41) is 7.55. The average molecular weight is 449 g/mol. The molecule has 3 aromatic rings. The van der Waals surface area contributed by atoms with Crippen LogP contribution in [0.15, 0.2) is 28.8 Å². The van der Waals surface area contributed by atoms with Crippen molar-refractivity contribution in [2.75, 3.05) is 13.1 Å². The van der Waals surface area contributed by atoms with Gasteiger partial charge in [0, 0.05) is 31.6 Å². The monoisotopic (exact) mass is 448 g/mol. The van der Waals surface area contributed by atoms with Crippen molar-refractivity contribution in [1.29, 1.82) is 0 Å². The number of nitrogens with zero attached hydrogens (tertiary/aromatic N) is 5. The molecule has 1 aliphatic heterocycles. The van der Waals surface area contributed by atoms with Crippen molar-refractivity contribution in [1.82, 2.24) is 29.9 Å². The summed E-state index contributed by atoms with van der Waals surface area (Å²) in [7, 11) is 0. The maximum absolute atomic E-state index is 12.7. The Labute approximate surface area is 193 Å². The predicted octanol–water partition coefficient (Wildman–Crippen LogP) is 4.72. The van der Waals surface area contributed by atoms with E-state index in [-0.39, 0.29) is 11.9 Å². The molecule has 3 heterocycles. The highest BCUT2D eigenvalue weighted by molar-refractivity contribution is 5.79. The molecule has 1 aromatic carbocycles. The van der Waals surface area contributed by atoms with E-state index in [1.165, 1.54) is 32.1 Å². The summed E-state index contributed by atoms with van der Waals surface area (Å²) in [6.45, 7) is 2.40. The Balaban J connectivity index is 1.13. The lowest BCUT2D eigenvalue weighted by Gasteiger charge is -2.32. The molecule has 1 saturated heterocycles. The van der Waals surface area contributed by atoms with Crippen LogP contribution in [0.25, 0.3) is 22.7 Å². The van der Waals surface area contributed by atoms with Crippen LogP contribution in [0.1, 0.15) is 69.6 Å². The van der Waals surface area contributed by atoms with Gasteiger partial charge in [-0.05, 0) is 56.6 Å². The first-order valence-electron chi connectivity index (χ1n) is 12.6. The third kappa shape index (κ3) is 4.35. The first kappa shape index (κ1) is 20.7. The van der Waals surface area contributed by atoms with Gasteiger partial charge in [0.2, 0.25) is 11.7 Å².